The molecule has 0 aromatic heterocycles. The Morgan fingerprint density at radius 2 is 1.68 bits per heavy atom. The number of amides is 2. The Bertz CT molecular complexity index is 1320. The van der Waals surface area contributed by atoms with E-state index >= 15 is 0 Å². The third-order valence-corrected chi connectivity index (χ3v) is 6.83. The van der Waals surface area contributed by atoms with E-state index in [0.717, 1.165) is 17.7 Å². The zero-order valence-electron chi connectivity index (χ0n) is 20.4. The van der Waals surface area contributed by atoms with Crippen LogP contribution in [-0.4, -0.2) is 53.6 Å². The highest BCUT2D eigenvalue weighted by Crippen LogP contribution is 2.27. The zero-order chi connectivity index (χ0) is 26.8. The first kappa shape index (κ1) is 27.8. The number of anilines is 1. The van der Waals surface area contributed by atoms with Crippen LogP contribution in [0.15, 0.2) is 77.7 Å². The molecule has 11 heteroatoms. The van der Waals surface area contributed by atoms with Crippen LogP contribution in [0.25, 0.3) is 0 Å². The molecule has 9 nitrogen and oxygen atoms in total. The van der Waals surface area contributed by atoms with Gasteiger partial charge in [0.15, 0.2) is 0 Å². The van der Waals surface area contributed by atoms with Crippen LogP contribution in [-0.2, 0) is 26.0 Å². The monoisotopic (exact) mass is 529 g/mol. The van der Waals surface area contributed by atoms with Crippen LogP contribution in [0.2, 0.25) is 0 Å². The first-order chi connectivity index (χ1) is 17.7. The lowest BCUT2D eigenvalue weighted by Gasteiger charge is -2.19. The molecule has 196 valence electrons. The summed E-state index contributed by atoms with van der Waals surface area (Å²) in [6.07, 6.45) is 0.187. The van der Waals surface area contributed by atoms with Gasteiger partial charge in [0.2, 0.25) is 15.9 Å². The number of nitrogens with one attached hydrogen (secondary N) is 3. The number of hydrogen-bond acceptors (Lipinski definition) is 6. The maximum Gasteiger partial charge on any atom is 0.251 e. The Balaban J connectivity index is 1.81. The fraction of sp³-hybridized carbons (Fsp3) is 0.231. The van der Waals surface area contributed by atoms with Crippen LogP contribution < -0.4 is 20.1 Å². The molecule has 0 radical (unpaired) electrons. The maximum atomic E-state index is 13.3. The second-order valence-electron chi connectivity index (χ2n) is 7.97. The predicted octanol–water partition coefficient (Wildman–Crippen LogP) is 2.74. The van der Waals surface area contributed by atoms with Crippen LogP contribution in [0.3, 0.4) is 0 Å². The molecule has 0 saturated heterocycles. The van der Waals surface area contributed by atoms with E-state index in [2.05, 4.69) is 15.4 Å². The minimum Gasteiger partial charge on any atom is -0.495 e. The number of carbonyl (C=O) groups excluding carboxylic acids is 2. The highest BCUT2D eigenvalue weighted by molar-refractivity contribution is 7.89. The summed E-state index contributed by atoms with van der Waals surface area (Å²) in [5.41, 5.74) is 1.28. The minimum atomic E-state index is -3.88. The molecule has 0 heterocycles. The molecule has 0 unspecified atom stereocenters. The molecule has 0 aliphatic heterocycles. The van der Waals surface area contributed by atoms with Gasteiger partial charge in [-0.3, -0.25) is 9.59 Å². The average Bonchev–Trinajstić information content (AvgIpc) is 2.89. The Morgan fingerprint density at radius 1 is 0.973 bits per heavy atom. The Morgan fingerprint density at radius 3 is 2.32 bits per heavy atom. The average molecular weight is 530 g/mol. The molecule has 3 N–H and O–H groups in total. The summed E-state index contributed by atoms with van der Waals surface area (Å²) in [4.78, 5) is 25.9. The molecule has 1 atom stereocenters. The molecule has 0 fully saturated rings. The van der Waals surface area contributed by atoms with Crippen molar-refractivity contribution in [2.45, 2.75) is 17.4 Å². The molecular formula is C26H28FN3O6S. The van der Waals surface area contributed by atoms with Gasteiger partial charge >= 0.3 is 0 Å². The summed E-state index contributed by atoms with van der Waals surface area (Å²) in [5.74, 6) is -1.53. The third-order valence-electron chi connectivity index (χ3n) is 5.33. The van der Waals surface area contributed by atoms with Gasteiger partial charge in [0.1, 0.15) is 22.5 Å². The van der Waals surface area contributed by atoms with E-state index < -0.39 is 33.7 Å². The van der Waals surface area contributed by atoms with E-state index in [0.29, 0.717) is 0 Å². The lowest BCUT2D eigenvalue weighted by atomic mass is 10.0. The summed E-state index contributed by atoms with van der Waals surface area (Å²) in [7, 11) is -1.11. The second kappa shape index (κ2) is 12.9. The van der Waals surface area contributed by atoms with E-state index in [1.165, 1.54) is 44.6 Å². The Kier molecular flexibility index (Phi) is 9.72. The number of benzene rings is 3. The number of ether oxygens (including phenoxy) is 2. The minimum absolute atomic E-state index is 0.0256. The molecule has 2 amide bonds. The molecule has 3 aromatic rings. The van der Waals surface area contributed by atoms with Gasteiger partial charge in [-0.1, -0.05) is 30.3 Å². The van der Waals surface area contributed by atoms with Crippen LogP contribution >= 0.6 is 0 Å². The van der Waals surface area contributed by atoms with Crippen molar-refractivity contribution in [1.82, 2.24) is 10.0 Å². The standard InChI is InChI=1S/C26H28FN3O6S/c1-35-15-14-28-37(33,34)24-13-12-21(17-23(24)36-2)29-26(32)22(16-18-6-4-3-5-7-18)30-25(31)19-8-10-20(27)11-9-19/h3-13,17,22,28H,14-16H2,1-2H3,(H,29,32)(H,30,31)/t22-/m0/s1. The van der Waals surface area contributed by atoms with Gasteiger partial charge in [-0.2, -0.15) is 0 Å². The molecule has 3 rings (SSSR count). The Labute approximate surface area is 215 Å². The van der Waals surface area contributed by atoms with E-state index in [1.807, 2.05) is 30.3 Å². The fourth-order valence-electron chi connectivity index (χ4n) is 3.45. The third kappa shape index (κ3) is 7.84. The lowest BCUT2D eigenvalue weighted by Crippen LogP contribution is -2.45. The number of carbonyl (C=O) groups is 2. The lowest BCUT2D eigenvalue weighted by molar-refractivity contribution is -0.118. The highest BCUT2D eigenvalue weighted by atomic mass is 32.2. The van der Waals surface area contributed by atoms with Gasteiger partial charge < -0.3 is 20.1 Å². The van der Waals surface area contributed by atoms with Crippen LogP contribution in [0.5, 0.6) is 5.75 Å². The van der Waals surface area contributed by atoms with Crippen LogP contribution in [0.1, 0.15) is 15.9 Å². The van der Waals surface area contributed by atoms with Crippen molar-refractivity contribution in [3.8, 4) is 5.75 Å². The Hall–Kier alpha value is -3.80. The van der Waals surface area contributed by atoms with E-state index in [4.69, 9.17) is 9.47 Å². The van der Waals surface area contributed by atoms with Gasteiger partial charge in [0.05, 0.1) is 13.7 Å². The largest absolute Gasteiger partial charge is 0.495 e. The predicted molar refractivity (Wildman–Crippen MR) is 136 cm³/mol. The van der Waals surface area contributed by atoms with Crippen LogP contribution in [0, 0.1) is 5.82 Å². The smallest absolute Gasteiger partial charge is 0.251 e. The fourth-order valence-corrected chi connectivity index (χ4v) is 4.62. The van der Waals surface area contributed by atoms with Crippen molar-refractivity contribution in [3.05, 3.63) is 89.7 Å². The van der Waals surface area contributed by atoms with Crippen molar-refractivity contribution >= 4 is 27.5 Å². The molecular weight excluding hydrogens is 501 g/mol. The van der Waals surface area contributed by atoms with Crippen molar-refractivity contribution in [2.75, 3.05) is 32.7 Å². The number of sulfonamides is 1. The van der Waals surface area contributed by atoms with E-state index in [1.54, 1.807) is 0 Å². The summed E-state index contributed by atoms with van der Waals surface area (Å²) in [6.45, 7) is 0.275. The topological polar surface area (TPSA) is 123 Å². The van der Waals surface area contributed by atoms with Crippen molar-refractivity contribution in [1.29, 1.82) is 0 Å². The van der Waals surface area contributed by atoms with Gasteiger partial charge in [-0.05, 0) is 42.0 Å². The summed E-state index contributed by atoms with van der Waals surface area (Å²) in [5, 5.41) is 5.40. The quantitative estimate of drug-likeness (QED) is 0.310. The van der Waals surface area contributed by atoms with Gasteiger partial charge in [0, 0.05) is 37.4 Å². The number of hydrogen-bond donors (Lipinski definition) is 3. The maximum absolute atomic E-state index is 13.3. The van der Waals surface area contributed by atoms with Crippen molar-refractivity contribution < 1.29 is 31.9 Å². The SMILES string of the molecule is COCCNS(=O)(=O)c1ccc(NC(=O)[C@H](Cc2ccccc2)NC(=O)c2ccc(F)cc2)cc1OC. The molecule has 0 spiro atoms. The zero-order valence-corrected chi connectivity index (χ0v) is 21.2. The summed E-state index contributed by atoms with van der Waals surface area (Å²) >= 11 is 0. The van der Waals surface area contributed by atoms with Crippen LogP contribution in [0.4, 0.5) is 10.1 Å². The second-order valence-corrected chi connectivity index (χ2v) is 9.70. The first-order valence-corrected chi connectivity index (χ1v) is 12.8. The first-order valence-electron chi connectivity index (χ1n) is 11.3. The van der Waals surface area contributed by atoms with Gasteiger partial charge in [-0.25, -0.2) is 17.5 Å². The molecule has 3 aromatic carbocycles. The van der Waals surface area contributed by atoms with Crippen molar-refractivity contribution in [3.63, 3.8) is 0 Å². The van der Waals surface area contributed by atoms with Crippen molar-refractivity contribution in [2.24, 2.45) is 0 Å². The number of rotatable bonds is 12. The summed E-state index contributed by atoms with van der Waals surface area (Å²) < 4.78 is 51.0. The molecule has 0 bridgehead atoms. The number of methoxy groups -OCH3 is 2. The molecule has 0 saturated carbocycles. The highest BCUT2D eigenvalue weighted by Gasteiger charge is 2.24. The summed E-state index contributed by atoms with van der Waals surface area (Å²) in [6, 6.07) is 17.2. The van der Waals surface area contributed by atoms with E-state index in [9.17, 15) is 22.4 Å². The van der Waals surface area contributed by atoms with E-state index in [-0.39, 0.29) is 41.5 Å². The molecule has 0 aliphatic rings. The normalized spacial score (nSPS) is 12.0. The van der Waals surface area contributed by atoms with Gasteiger partial charge in [0.25, 0.3) is 5.91 Å². The molecule has 37 heavy (non-hydrogen) atoms. The van der Waals surface area contributed by atoms with Gasteiger partial charge in [-0.15, -0.1) is 0 Å². The number of halogens is 1. The molecule has 0 aliphatic carbocycles.